The molecule has 5 nitrogen and oxygen atoms in total. The molecular weight excluding hydrogens is 283 g/mol. The maximum absolute atomic E-state index is 11.9. The highest BCUT2D eigenvalue weighted by Gasteiger charge is 2.32. The monoisotopic (exact) mass is 301 g/mol. The van der Waals surface area contributed by atoms with Crippen LogP contribution in [-0.2, 0) is 4.57 Å². The molecule has 0 aliphatic heterocycles. The van der Waals surface area contributed by atoms with E-state index in [1.54, 1.807) is 35.2 Å². The molecule has 7 heteroatoms. The smallest absolute Gasteiger partial charge is 0.258 e. The Morgan fingerprint density at radius 1 is 1.47 bits per heavy atom. The summed E-state index contributed by atoms with van der Waals surface area (Å²) < 4.78 is 13.5. The number of hydrogen-bond donors (Lipinski definition) is 0. The van der Waals surface area contributed by atoms with Gasteiger partial charge in [0.15, 0.2) is 12.4 Å². The summed E-state index contributed by atoms with van der Waals surface area (Å²) in [5.41, 5.74) is 0.432. The van der Waals surface area contributed by atoms with Crippen molar-refractivity contribution in [2.45, 2.75) is 31.7 Å². The predicted molar refractivity (Wildman–Crippen MR) is 80.6 cm³/mol. The summed E-state index contributed by atoms with van der Waals surface area (Å²) in [6.07, 6.45) is 0. The van der Waals surface area contributed by atoms with E-state index in [-0.39, 0.29) is 11.7 Å². The number of rotatable bonds is 6. The molecule has 1 aromatic carbocycles. The molecule has 0 heterocycles. The zero-order chi connectivity index (χ0) is 14.6. The second kappa shape index (κ2) is 6.87. The van der Waals surface area contributed by atoms with E-state index in [4.69, 9.17) is 0 Å². The maximum atomic E-state index is 11.9. The second-order valence-electron chi connectivity index (χ2n) is 4.24. The summed E-state index contributed by atoms with van der Waals surface area (Å²) >= 11 is 1.61. The Balaban J connectivity index is 3.37. The Labute approximate surface area is 118 Å². The highest BCUT2D eigenvalue weighted by Crippen LogP contribution is 2.40. The third kappa shape index (κ3) is 3.91. The summed E-state index contributed by atoms with van der Waals surface area (Å²) in [6.45, 7) is 7.34. The first-order chi connectivity index (χ1) is 8.88. The van der Waals surface area contributed by atoms with Crippen molar-refractivity contribution in [1.82, 2.24) is 0 Å². The van der Waals surface area contributed by atoms with Crippen LogP contribution in [0.2, 0.25) is 0 Å². The first-order valence-corrected chi connectivity index (χ1v) is 8.64. The van der Waals surface area contributed by atoms with Crippen LogP contribution in [0.25, 0.3) is 0 Å². The highest BCUT2D eigenvalue weighted by molar-refractivity contribution is 7.99. The van der Waals surface area contributed by atoms with Gasteiger partial charge >= 0.3 is 7.95 Å². The van der Waals surface area contributed by atoms with Gasteiger partial charge < -0.3 is 0 Å². The maximum Gasteiger partial charge on any atom is 0.459 e. The first kappa shape index (κ1) is 15.9. The Kier molecular flexibility index (Phi) is 5.76. The summed E-state index contributed by atoms with van der Waals surface area (Å²) in [6, 6.07) is 4.91. The van der Waals surface area contributed by atoms with Gasteiger partial charge in [0.25, 0.3) is 5.69 Å². The topological polar surface area (TPSA) is 63.5 Å². The lowest BCUT2D eigenvalue weighted by Crippen LogP contribution is -2.23. The molecule has 1 aromatic rings. The lowest BCUT2D eigenvalue weighted by Gasteiger charge is -2.17. The van der Waals surface area contributed by atoms with E-state index in [2.05, 4.69) is 0 Å². The molecule has 0 aliphatic rings. The summed E-state index contributed by atoms with van der Waals surface area (Å²) in [5, 5.41) is 11.1. The molecule has 0 saturated carbocycles. The molecule has 0 aliphatic carbocycles. The molecule has 0 amide bonds. The molecule has 104 valence electrons. The Hall–Kier alpha value is -1.13. The number of thioether (sulfide) groups is 1. The highest BCUT2D eigenvalue weighted by atomic mass is 32.2. The Morgan fingerprint density at radius 3 is 2.53 bits per heavy atom. The van der Waals surface area contributed by atoms with E-state index in [1.165, 1.54) is 6.07 Å². The van der Waals surface area contributed by atoms with Gasteiger partial charge in [-0.25, -0.2) is 0 Å². The molecular formula is C12H18N2O3PS+. The number of anilines is 1. The molecule has 0 bridgehead atoms. The molecule has 19 heavy (non-hydrogen) atoms. The van der Waals surface area contributed by atoms with E-state index in [9.17, 15) is 14.7 Å². The molecule has 0 saturated heterocycles. The summed E-state index contributed by atoms with van der Waals surface area (Å²) in [7, 11) is -1.67. The van der Waals surface area contributed by atoms with Gasteiger partial charge in [-0.05, 0) is 36.3 Å². The van der Waals surface area contributed by atoms with Crippen molar-refractivity contribution in [2.24, 2.45) is 0 Å². The van der Waals surface area contributed by atoms with E-state index in [1.807, 2.05) is 20.8 Å². The first-order valence-electron chi connectivity index (χ1n) is 5.99. The van der Waals surface area contributed by atoms with Crippen LogP contribution < -0.4 is 4.67 Å². The van der Waals surface area contributed by atoms with Crippen molar-refractivity contribution in [2.75, 3.05) is 17.1 Å². The molecule has 0 aromatic heterocycles. The van der Waals surface area contributed by atoms with Gasteiger partial charge in [-0.3, -0.25) is 10.1 Å². The van der Waals surface area contributed by atoms with Gasteiger partial charge in [-0.1, -0.05) is 6.92 Å². The number of hydrogen-bond acceptors (Lipinski definition) is 4. The average molecular weight is 301 g/mol. The van der Waals surface area contributed by atoms with Gasteiger partial charge in [0, 0.05) is 11.0 Å². The number of nitro groups is 1. The van der Waals surface area contributed by atoms with E-state index in [0.717, 1.165) is 10.6 Å². The van der Waals surface area contributed by atoms with E-state index in [0.29, 0.717) is 5.69 Å². The molecule has 0 spiro atoms. The van der Waals surface area contributed by atoms with Crippen LogP contribution in [0.4, 0.5) is 11.4 Å². The third-order valence-electron chi connectivity index (χ3n) is 2.49. The minimum Gasteiger partial charge on any atom is -0.258 e. The van der Waals surface area contributed by atoms with E-state index >= 15 is 0 Å². The quantitative estimate of drug-likeness (QED) is 0.339. The van der Waals surface area contributed by atoms with Crippen molar-refractivity contribution in [3.8, 4) is 0 Å². The van der Waals surface area contributed by atoms with Crippen LogP contribution in [0.1, 0.15) is 20.8 Å². The molecule has 1 unspecified atom stereocenters. The lowest BCUT2D eigenvalue weighted by molar-refractivity contribution is -0.384. The van der Waals surface area contributed by atoms with Crippen molar-refractivity contribution in [1.29, 1.82) is 0 Å². The van der Waals surface area contributed by atoms with Crippen molar-refractivity contribution < 1.29 is 9.49 Å². The lowest BCUT2D eigenvalue weighted by atomic mass is 10.2. The summed E-state index contributed by atoms with van der Waals surface area (Å²) in [5.74, 6) is 0.886. The predicted octanol–water partition coefficient (Wildman–Crippen LogP) is 4.29. The van der Waals surface area contributed by atoms with Crippen LogP contribution in [0.3, 0.4) is 0 Å². The molecule has 0 radical (unpaired) electrons. The van der Waals surface area contributed by atoms with Gasteiger partial charge in [0.05, 0.1) is 11.0 Å². The van der Waals surface area contributed by atoms with Crippen molar-refractivity contribution in [3.63, 3.8) is 0 Å². The number of benzene rings is 1. The van der Waals surface area contributed by atoms with Gasteiger partial charge in [0.1, 0.15) is 0 Å². The van der Waals surface area contributed by atoms with Gasteiger partial charge in [-0.2, -0.15) is 4.67 Å². The van der Waals surface area contributed by atoms with Crippen LogP contribution in [0.15, 0.2) is 23.1 Å². The van der Waals surface area contributed by atoms with Gasteiger partial charge in [0.2, 0.25) is 0 Å². The van der Waals surface area contributed by atoms with E-state index < -0.39 is 12.9 Å². The third-order valence-corrected chi connectivity index (χ3v) is 4.65. The molecule has 1 rings (SSSR count). The van der Waals surface area contributed by atoms with Crippen molar-refractivity contribution >= 4 is 31.1 Å². The zero-order valence-corrected chi connectivity index (χ0v) is 13.2. The Morgan fingerprint density at radius 2 is 2.11 bits per heavy atom. The second-order valence-corrected chi connectivity index (χ2v) is 6.94. The molecule has 1 atom stereocenters. The fraction of sp³-hybridized carbons (Fsp3) is 0.500. The minimum absolute atomic E-state index is 0.000599. The number of nitrogens with zero attached hydrogens (tertiary/aromatic N) is 2. The standard InChI is InChI=1S/C12H18N2O3PS/c1-5-19-10-6-7-11(14(15)16)12(8-10)13(9(2)3)18(4)17/h6-9H,5H2,1-4H3/q+1. The zero-order valence-electron chi connectivity index (χ0n) is 11.5. The fourth-order valence-electron chi connectivity index (χ4n) is 1.85. The van der Waals surface area contributed by atoms with Crippen LogP contribution >= 0.6 is 19.7 Å². The van der Waals surface area contributed by atoms with Crippen molar-refractivity contribution in [3.05, 3.63) is 28.3 Å². The normalized spacial score (nSPS) is 11.5. The minimum atomic E-state index is -1.67. The molecule has 0 N–H and O–H groups in total. The van der Waals surface area contributed by atoms with Crippen LogP contribution in [0.5, 0.6) is 0 Å². The summed E-state index contributed by atoms with van der Waals surface area (Å²) in [4.78, 5) is 11.6. The van der Waals surface area contributed by atoms with Crippen LogP contribution in [-0.4, -0.2) is 23.4 Å². The SMILES string of the molecule is CCSc1ccc([N+](=O)[O-])c(N(C(C)C)[P+](C)=O)c1. The van der Waals surface area contributed by atoms with Gasteiger partial charge in [-0.15, -0.1) is 11.8 Å². The largest absolute Gasteiger partial charge is 0.459 e. The number of nitro benzene ring substituents is 1. The molecule has 0 fully saturated rings. The van der Waals surface area contributed by atoms with Crippen LogP contribution in [0, 0.1) is 10.1 Å². The Bertz CT molecular complexity index is 494. The average Bonchev–Trinajstić information content (AvgIpc) is 2.28. The fourth-order valence-corrected chi connectivity index (χ4v) is 3.66.